The minimum atomic E-state index is -0.140. The van der Waals surface area contributed by atoms with Gasteiger partial charge in [-0.1, -0.05) is 0 Å². The third-order valence-electron chi connectivity index (χ3n) is 5.69. The first kappa shape index (κ1) is 14.4. The third-order valence-corrected chi connectivity index (χ3v) is 5.69. The molecule has 0 bridgehead atoms. The SMILES string of the molecule is Cc1cc2ncnc(N3CC4(CCC(C(N)=O)C4)C3)c2cc1C. The minimum absolute atomic E-state index is 0.0594. The normalized spacial score (nSPS) is 22.5. The number of anilines is 1. The van der Waals surface area contributed by atoms with Crippen LogP contribution in [0.1, 0.15) is 30.4 Å². The Labute approximate surface area is 135 Å². The first-order valence-corrected chi connectivity index (χ1v) is 8.24. The number of carbonyl (C=O) groups excluding carboxylic acids is 1. The van der Waals surface area contributed by atoms with E-state index >= 15 is 0 Å². The lowest BCUT2D eigenvalue weighted by Gasteiger charge is -2.49. The fourth-order valence-corrected chi connectivity index (χ4v) is 4.20. The predicted octanol–water partition coefficient (Wildman–Crippen LogP) is 2.34. The number of benzene rings is 1. The van der Waals surface area contributed by atoms with E-state index in [1.807, 2.05) is 0 Å². The Morgan fingerprint density at radius 2 is 2.00 bits per heavy atom. The zero-order valence-electron chi connectivity index (χ0n) is 13.7. The van der Waals surface area contributed by atoms with E-state index in [0.717, 1.165) is 49.1 Å². The van der Waals surface area contributed by atoms with Gasteiger partial charge in [0.2, 0.25) is 5.91 Å². The number of nitrogens with zero attached hydrogens (tertiary/aromatic N) is 3. The van der Waals surface area contributed by atoms with Crippen LogP contribution in [0.2, 0.25) is 0 Å². The molecular weight excluding hydrogens is 288 g/mol. The summed E-state index contributed by atoms with van der Waals surface area (Å²) in [4.78, 5) is 22.7. The topological polar surface area (TPSA) is 72.1 Å². The van der Waals surface area contributed by atoms with E-state index < -0.39 is 0 Å². The van der Waals surface area contributed by atoms with E-state index in [-0.39, 0.29) is 17.2 Å². The van der Waals surface area contributed by atoms with Gasteiger partial charge in [-0.05, 0) is 56.4 Å². The summed E-state index contributed by atoms with van der Waals surface area (Å²) in [6.07, 6.45) is 4.61. The van der Waals surface area contributed by atoms with Crippen molar-refractivity contribution in [2.45, 2.75) is 33.1 Å². The molecule has 1 atom stereocenters. The summed E-state index contributed by atoms with van der Waals surface area (Å²) in [5, 5.41) is 1.12. The van der Waals surface area contributed by atoms with Crippen molar-refractivity contribution in [1.82, 2.24) is 9.97 Å². The first-order valence-electron chi connectivity index (χ1n) is 8.24. The molecule has 23 heavy (non-hydrogen) atoms. The molecule has 5 nitrogen and oxygen atoms in total. The van der Waals surface area contributed by atoms with Gasteiger partial charge >= 0.3 is 0 Å². The molecule has 2 N–H and O–H groups in total. The third kappa shape index (κ3) is 2.26. The van der Waals surface area contributed by atoms with Crippen molar-refractivity contribution in [1.29, 1.82) is 0 Å². The van der Waals surface area contributed by atoms with Crippen LogP contribution in [-0.2, 0) is 4.79 Å². The fraction of sp³-hybridized carbons (Fsp3) is 0.500. The van der Waals surface area contributed by atoms with E-state index in [9.17, 15) is 4.79 Å². The highest BCUT2D eigenvalue weighted by Crippen LogP contribution is 2.49. The molecule has 4 rings (SSSR count). The van der Waals surface area contributed by atoms with Crippen LogP contribution in [0, 0.1) is 25.2 Å². The molecular formula is C18H22N4O. The minimum Gasteiger partial charge on any atom is -0.369 e. The molecule has 1 aromatic carbocycles. The summed E-state index contributed by atoms with van der Waals surface area (Å²) >= 11 is 0. The molecule has 2 fully saturated rings. The van der Waals surface area contributed by atoms with Crippen molar-refractivity contribution < 1.29 is 4.79 Å². The molecule has 0 radical (unpaired) electrons. The zero-order chi connectivity index (χ0) is 16.2. The summed E-state index contributed by atoms with van der Waals surface area (Å²) in [7, 11) is 0. The number of amides is 1. The van der Waals surface area contributed by atoms with Gasteiger partial charge in [-0.25, -0.2) is 9.97 Å². The Morgan fingerprint density at radius 1 is 1.26 bits per heavy atom. The molecule has 1 aliphatic heterocycles. The molecule has 1 aliphatic carbocycles. The van der Waals surface area contributed by atoms with Gasteiger partial charge in [0.05, 0.1) is 5.52 Å². The fourth-order valence-electron chi connectivity index (χ4n) is 4.20. The molecule has 1 unspecified atom stereocenters. The molecule has 120 valence electrons. The maximum atomic E-state index is 11.4. The smallest absolute Gasteiger partial charge is 0.220 e. The summed E-state index contributed by atoms with van der Waals surface area (Å²) in [6, 6.07) is 4.32. The first-order chi connectivity index (χ1) is 11.0. The Kier molecular flexibility index (Phi) is 3.08. The van der Waals surface area contributed by atoms with Gasteiger partial charge in [0.25, 0.3) is 0 Å². The lowest BCUT2D eigenvalue weighted by Crippen LogP contribution is -2.55. The van der Waals surface area contributed by atoms with E-state index in [0.29, 0.717) is 0 Å². The number of primary amides is 1. The molecule has 2 aliphatic rings. The van der Waals surface area contributed by atoms with Crippen molar-refractivity contribution in [3.63, 3.8) is 0 Å². The van der Waals surface area contributed by atoms with Gasteiger partial charge in [-0.3, -0.25) is 4.79 Å². The van der Waals surface area contributed by atoms with Crippen molar-refractivity contribution in [3.8, 4) is 0 Å². The van der Waals surface area contributed by atoms with Crippen molar-refractivity contribution in [2.24, 2.45) is 17.1 Å². The van der Waals surface area contributed by atoms with Crippen LogP contribution in [0.5, 0.6) is 0 Å². The molecule has 1 saturated heterocycles. The van der Waals surface area contributed by atoms with Crippen LogP contribution in [0.3, 0.4) is 0 Å². The Hall–Kier alpha value is -2.17. The van der Waals surface area contributed by atoms with Crippen LogP contribution in [0.25, 0.3) is 10.9 Å². The van der Waals surface area contributed by atoms with Gasteiger partial charge in [0.1, 0.15) is 12.1 Å². The zero-order valence-corrected chi connectivity index (χ0v) is 13.7. The van der Waals surface area contributed by atoms with Crippen molar-refractivity contribution in [3.05, 3.63) is 29.6 Å². The molecule has 1 spiro atoms. The van der Waals surface area contributed by atoms with E-state index in [1.165, 1.54) is 11.1 Å². The van der Waals surface area contributed by atoms with E-state index in [1.54, 1.807) is 6.33 Å². The van der Waals surface area contributed by atoms with Gasteiger partial charge in [-0.2, -0.15) is 0 Å². The molecule has 1 amide bonds. The van der Waals surface area contributed by atoms with Crippen LogP contribution in [-0.4, -0.2) is 29.0 Å². The number of nitrogens with two attached hydrogens (primary N) is 1. The van der Waals surface area contributed by atoms with E-state index in [4.69, 9.17) is 5.73 Å². The highest BCUT2D eigenvalue weighted by molar-refractivity contribution is 5.91. The van der Waals surface area contributed by atoms with E-state index in [2.05, 4.69) is 40.8 Å². The monoisotopic (exact) mass is 310 g/mol. The average molecular weight is 310 g/mol. The van der Waals surface area contributed by atoms with Crippen LogP contribution < -0.4 is 10.6 Å². The highest BCUT2D eigenvalue weighted by atomic mass is 16.1. The number of hydrogen-bond donors (Lipinski definition) is 1. The lowest BCUT2D eigenvalue weighted by atomic mass is 9.77. The summed E-state index contributed by atoms with van der Waals surface area (Å²) in [5.74, 6) is 0.939. The predicted molar refractivity (Wildman–Crippen MR) is 90.2 cm³/mol. The second kappa shape index (κ2) is 4.91. The average Bonchev–Trinajstić information content (AvgIpc) is 2.92. The van der Waals surface area contributed by atoms with Crippen LogP contribution >= 0.6 is 0 Å². The second-order valence-corrected chi connectivity index (χ2v) is 7.35. The van der Waals surface area contributed by atoms with Crippen molar-refractivity contribution in [2.75, 3.05) is 18.0 Å². The van der Waals surface area contributed by atoms with Gasteiger partial charge in [-0.15, -0.1) is 0 Å². The van der Waals surface area contributed by atoms with Crippen LogP contribution in [0.15, 0.2) is 18.5 Å². The van der Waals surface area contributed by atoms with Gasteiger partial charge < -0.3 is 10.6 Å². The number of hydrogen-bond acceptors (Lipinski definition) is 4. The number of aromatic nitrogens is 2. The molecule has 2 aromatic rings. The van der Waals surface area contributed by atoms with Crippen molar-refractivity contribution >= 4 is 22.6 Å². The second-order valence-electron chi connectivity index (χ2n) is 7.35. The molecule has 5 heteroatoms. The molecule has 2 heterocycles. The largest absolute Gasteiger partial charge is 0.369 e. The summed E-state index contributed by atoms with van der Waals surface area (Å²) in [5.41, 5.74) is 9.25. The number of fused-ring (bicyclic) bond motifs is 1. The Morgan fingerprint density at radius 3 is 2.70 bits per heavy atom. The molecule has 1 saturated carbocycles. The number of carbonyl (C=O) groups is 1. The quantitative estimate of drug-likeness (QED) is 0.924. The van der Waals surface area contributed by atoms with Gasteiger partial charge in [0.15, 0.2) is 0 Å². The highest BCUT2D eigenvalue weighted by Gasteiger charge is 2.49. The maximum absolute atomic E-state index is 11.4. The number of aryl methyl sites for hydroxylation is 2. The Bertz CT molecular complexity index is 795. The van der Waals surface area contributed by atoms with Crippen LogP contribution in [0.4, 0.5) is 5.82 Å². The Balaban J connectivity index is 1.60. The lowest BCUT2D eigenvalue weighted by molar-refractivity contribution is -0.121. The summed E-state index contributed by atoms with van der Waals surface area (Å²) < 4.78 is 0. The summed E-state index contributed by atoms with van der Waals surface area (Å²) in [6.45, 7) is 6.17. The standard InChI is InChI=1S/C18H22N4O/c1-11-5-14-15(6-12(11)2)20-10-21-17(14)22-8-18(9-22)4-3-13(7-18)16(19)23/h5-6,10,13H,3-4,7-9H2,1-2H3,(H2,19,23). The van der Waals surface area contributed by atoms with Gasteiger partial charge in [0, 0.05) is 29.8 Å². The number of rotatable bonds is 2. The molecule has 1 aromatic heterocycles. The maximum Gasteiger partial charge on any atom is 0.220 e.